The second-order valence-electron chi connectivity index (χ2n) is 8.99. The van der Waals surface area contributed by atoms with E-state index in [1.165, 1.54) is 43.4 Å². The minimum atomic E-state index is -0.173. The van der Waals surface area contributed by atoms with Crippen LogP contribution in [0.1, 0.15) is 73.6 Å². The van der Waals surface area contributed by atoms with Crippen LogP contribution in [-0.2, 0) is 4.74 Å². The highest BCUT2D eigenvalue weighted by Crippen LogP contribution is 2.46. The van der Waals surface area contributed by atoms with Gasteiger partial charge in [-0.2, -0.15) is 0 Å². The van der Waals surface area contributed by atoms with Gasteiger partial charge in [0.05, 0.1) is 5.52 Å². The third-order valence-corrected chi connectivity index (χ3v) is 7.05. The average Bonchev–Trinajstić information content (AvgIpc) is 3.11. The monoisotopic (exact) mass is 407 g/mol. The van der Waals surface area contributed by atoms with Crippen molar-refractivity contribution in [1.29, 1.82) is 0 Å². The highest BCUT2D eigenvalue weighted by Gasteiger charge is 2.31. The topological polar surface area (TPSA) is 34.4 Å². The first kappa shape index (κ1) is 19.6. The Hall–Kier alpha value is -2.33. The zero-order valence-corrected chi connectivity index (χ0v) is 17.7. The Morgan fingerprint density at radius 1 is 0.933 bits per heavy atom. The van der Waals surface area contributed by atoms with E-state index in [1.54, 1.807) is 12.1 Å². The van der Waals surface area contributed by atoms with Gasteiger partial charge in [-0.05, 0) is 86.1 Å². The smallest absolute Gasteiger partial charge is 0.126 e. The maximum atomic E-state index is 14.1. The maximum Gasteiger partial charge on any atom is 0.126 e. The second-order valence-corrected chi connectivity index (χ2v) is 8.99. The third kappa shape index (κ3) is 3.41. The minimum Gasteiger partial charge on any atom is -0.508 e. The number of rotatable bonds is 3. The van der Waals surface area contributed by atoms with Crippen LogP contribution < -0.4 is 0 Å². The molecule has 0 bridgehead atoms. The second kappa shape index (κ2) is 8.07. The SMILES string of the molecule is Cc1cc(-n2c(C3CCOCC3)c(C3CCCCC3)c3cc(O)ccc32)ccc1F. The predicted molar refractivity (Wildman–Crippen MR) is 118 cm³/mol. The van der Waals surface area contributed by atoms with Crippen molar-refractivity contribution in [2.24, 2.45) is 0 Å². The number of nitrogens with zero attached hydrogens (tertiary/aromatic N) is 1. The average molecular weight is 408 g/mol. The number of aryl methyl sites for hydroxylation is 1. The normalized spacial score (nSPS) is 18.9. The highest BCUT2D eigenvalue weighted by molar-refractivity contribution is 5.89. The molecule has 1 aromatic heterocycles. The van der Waals surface area contributed by atoms with Crippen molar-refractivity contribution in [2.75, 3.05) is 13.2 Å². The predicted octanol–water partition coefficient (Wildman–Crippen LogP) is 6.73. The van der Waals surface area contributed by atoms with Crippen LogP contribution in [0.3, 0.4) is 0 Å². The van der Waals surface area contributed by atoms with Gasteiger partial charge in [-0.15, -0.1) is 0 Å². The van der Waals surface area contributed by atoms with Crippen molar-refractivity contribution in [2.45, 2.75) is 63.7 Å². The molecular weight excluding hydrogens is 377 g/mol. The van der Waals surface area contributed by atoms with E-state index in [9.17, 15) is 9.50 Å². The number of phenols is 1. The van der Waals surface area contributed by atoms with Gasteiger partial charge in [0, 0.05) is 35.9 Å². The number of aromatic hydroxyl groups is 1. The molecule has 2 aromatic carbocycles. The molecule has 2 fully saturated rings. The van der Waals surface area contributed by atoms with Crippen molar-refractivity contribution < 1.29 is 14.2 Å². The van der Waals surface area contributed by atoms with E-state index in [2.05, 4.69) is 4.57 Å². The number of fused-ring (bicyclic) bond motifs is 1. The fourth-order valence-corrected chi connectivity index (χ4v) is 5.56. The fraction of sp³-hybridized carbons (Fsp3) is 0.462. The minimum absolute atomic E-state index is 0.173. The summed E-state index contributed by atoms with van der Waals surface area (Å²) in [6.07, 6.45) is 8.24. The standard InChI is InChI=1S/C26H30FNO2/c1-17-15-20(7-9-23(17)27)28-24-10-8-21(29)16-22(24)25(18-5-3-2-4-6-18)26(28)19-11-13-30-14-12-19/h7-10,15-16,18-19,29H,2-6,11-14H2,1H3. The lowest BCUT2D eigenvalue weighted by atomic mass is 9.80. The van der Waals surface area contributed by atoms with Crippen molar-refractivity contribution >= 4 is 10.9 Å². The molecule has 3 nitrogen and oxygen atoms in total. The lowest BCUT2D eigenvalue weighted by molar-refractivity contribution is 0.0839. The first-order valence-electron chi connectivity index (χ1n) is 11.3. The molecule has 4 heteroatoms. The van der Waals surface area contributed by atoms with Crippen LogP contribution in [0, 0.1) is 12.7 Å². The summed E-state index contributed by atoms with van der Waals surface area (Å²) >= 11 is 0. The molecular formula is C26H30FNO2. The molecule has 30 heavy (non-hydrogen) atoms. The molecule has 158 valence electrons. The summed E-state index contributed by atoms with van der Waals surface area (Å²) in [6.45, 7) is 3.39. The van der Waals surface area contributed by atoms with Gasteiger partial charge < -0.3 is 14.4 Å². The van der Waals surface area contributed by atoms with Gasteiger partial charge in [-0.25, -0.2) is 4.39 Å². The van der Waals surface area contributed by atoms with E-state index >= 15 is 0 Å². The van der Waals surface area contributed by atoms with E-state index in [-0.39, 0.29) is 5.82 Å². The zero-order chi connectivity index (χ0) is 20.7. The van der Waals surface area contributed by atoms with Crippen molar-refractivity contribution in [3.8, 4) is 11.4 Å². The molecule has 0 unspecified atom stereocenters. The first-order valence-corrected chi connectivity index (χ1v) is 11.3. The van der Waals surface area contributed by atoms with E-state index in [1.807, 2.05) is 31.2 Å². The summed E-state index contributed by atoms with van der Waals surface area (Å²) in [5.74, 6) is 1.07. The van der Waals surface area contributed by atoms with Gasteiger partial charge in [0.15, 0.2) is 0 Å². The van der Waals surface area contributed by atoms with Gasteiger partial charge >= 0.3 is 0 Å². The van der Waals surface area contributed by atoms with Crippen molar-refractivity contribution in [3.05, 3.63) is 59.0 Å². The Morgan fingerprint density at radius 2 is 1.70 bits per heavy atom. The first-order chi connectivity index (χ1) is 14.6. The van der Waals surface area contributed by atoms with Crippen molar-refractivity contribution in [1.82, 2.24) is 4.57 Å². The highest BCUT2D eigenvalue weighted by atomic mass is 19.1. The number of aromatic nitrogens is 1. The molecule has 1 saturated carbocycles. The van der Waals surface area contributed by atoms with Crippen LogP contribution in [0.2, 0.25) is 0 Å². The summed E-state index contributed by atoms with van der Waals surface area (Å²) in [5, 5.41) is 11.5. The van der Waals surface area contributed by atoms with Crippen LogP contribution in [0.5, 0.6) is 5.75 Å². The summed E-state index contributed by atoms with van der Waals surface area (Å²) in [7, 11) is 0. The molecule has 1 aliphatic heterocycles. The Balaban J connectivity index is 1.81. The Kier molecular flexibility index (Phi) is 5.28. The maximum absolute atomic E-state index is 14.1. The summed E-state index contributed by atoms with van der Waals surface area (Å²) < 4.78 is 22.1. The van der Waals surface area contributed by atoms with E-state index in [0.717, 1.165) is 42.6 Å². The number of benzene rings is 2. The van der Waals surface area contributed by atoms with E-state index in [4.69, 9.17) is 4.74 Å². The number of ether oxygens (including phenoxy) is 1. The van der Waals surface area contributed by atoms with Crippen LogP contribution in [0.4, 0.5) is 4.39 Å². The molecule has 1 aliphatic carbocycles. The van der Waals surface area contributed by atoms with Crippen LogP contribution in [0.15, 0.2) is 36.4 Å². The molecule has 5 rings (SSSR count). The van der Waals surface area contributed by atoms with Crippen LogP contribution in [0.25, 0.3) is 16.6 Å². The zero-order valence-electron chi connectivity index (χ0n) is 17.7. The Bertz CT molecular complexity index is 1060. The summed E-state index contributed by atoms with van der Waals surface area (Å²) in [4.78, 5) is 0. The Morgan fingerprint density at radius 3 is 2.43 bits per heavy atom. The molecule has 2 heterocycles. The lowest BCUT2D eigenvalue weighted by Gasteiger charge is -2.29. The largest absolute Gasteiger partial charge is 0.508 e. The molecule has 0 atom stereocenters. The van der Waals surface area contributed by atoms with Gasteiger partial charge in [0.2, 0.25) is 0 Å². The van der Waals surface area contributed by atoms with Gasteiger partial charge in [-0.1, -0.05) is 19.3 Å². The quantitative estimate of drug-likeness (QED) is 0.523. The fourth-order valence-electron chi connectivity index (χ4n) is 5.56. The molecule has 1 saturated heterocycles. The van der Waals surface area contributed by atoms with Crippen LogP contribution in [-0.4, -0.2) is 22.9 Å². The van der Waals surface area contributed by atoms with Gasteiger partial charge in [0.25, 0.3) is 0 Å². The summed E-state index contributed by atoms with van der Waals surface area (Å²) in [6, 6.07) is 11.2. The number of phenolic OH excluding ortho intramolecular Hbond substituents is 1. The number of hydrogen-bond acceptors (Lipinski definition) is 2. The van der Waals surface area contributed by atoms with Gasteiger partial charge in [-0.3, -0.25) is 0 Å². The molecule has 1 N–H and O–H groups in total. The molecule has 0 amide bonds. The van der Waals surface area contributed by atoms with Crippen molar-refractivity contribution in [3.63, 3.8) is 0 Å². The molecule has 0 radical (unpaired) electrons. The van der Waals surface area contributed by atoms with Crippen LogP contribution >= 0.6 is 0 Å². The number of halogens is 1. The molecule has 2 aliphatic rings. The summed E-state index contributed by atoms with van der Waals surface area (Å²) in [5.41, 5.74) is 5.55. The van der Waals surface area contributed by atoms with E-state index < -0.39 is 0 Å². The van der Waals surface area contributed by atoms with Gasteiger partial charge in [0.1, 0.15) is 11.6 Å². The molecule has 0 spiro atoms. The van der Waals surface area contributed by atoms with E-state index in [0.29, 0.717) is 23.1 Å². The third-order valence-electron chi connectivity index (χ3n) is 7.05. The number of hydrogen-bond donors (Lipinski definition) is 1. The molecule has 3 aromatic rings. The lowest BCUT2D eigenvalue weighted by Crippen LogP contribution is -2.19. The Labute approximate surface area is 177 Å².